The molecule has 0 atom stereocenters. The zero-order valence-corrected chi connectivity index (χ0v) is 72.8. The molecular formula is C91H56Br3Cl3N24O7. The Bertz CT molecular complexity index is 8280. The van der Waals surface area contributed by atoms with Crippen LogP contribution in [-0.2, 0) is 0 Å². The number of hydrogen-bond acceptors (Lipinski definition) is 19. The number of methoxy groups -OCH3 is 1. The van der Waals surface area contributed by atoms with Gasteiger partial charge in [-0.15, -0.1) is 0 Å². The third kappa shape index (κ3) is 15.9. The highest BCUT2D eigenvalue weighted by atomic mass is 79.9. The smallest absolute Gasteiger partial charge is 0.282 e. The predicted molar refractivity (Wildman–Crippen MR) is 507 cm³/mol. The molecule has 37 heteroatoms. The van der Waals surface area contributed by atoms with Crippen LogP contribution in [0.15, 0.2) is 329 Å². The molecule has 0 unspecified atom stereocenters. The van der Waals surface area contributed by atoms with Crippen LogP contribution in [0.5, 0.6) is 5.88 Å². The molecule has 0 bridgehead atoms. The van der Waals surface area contributed by atoms with E-state index in [2.05, 4.69) is 138 Å². The van der Waals surface area contributed by atoms with Crippen LogP contribution in [0.4, 0.5) is 0 Å². The maximum atomic E-state index is 12.7. The van der Waals surface area contributed by atoms with Crippen molar-refractivity contribution in [3.63, 3.8) is 0 Å². The minimum Gasteiger partial charge on any atom is -0.481 e. The van der Waals surface area contributed by atoms with Crippen molar-refractivity contribution in [2.75, 3.05) is 7.11 Å². The molecular weight excluding hydrogens is 1890 g/mol. The van der Waals surface area contributed by atoms with E-state index in [1.54, 1.807) is 184 Å². The summed E-state index contributed by atoms with van der Waals surface area (Å²) in [5, 5.41) is 28.9. The molecule has 6 aromatic carbocycles. The molecule has 31 nitrogen and oxygen atoms in total. The number of benzene rings is 6. The van der Waals surface area contributed by atoms with Gasteiger partial charge < -0.3 is 4.74 Å². The minimum atomic E-state index is -0.192. The summed E-state index contributed by atoms with van der Waals surface area (Å²) in [5.41, 5.74) is 11.1. The molecule has 0 fully saturated rings. The second kappa shape index (κ2) is 34.8. The number of fused-ring (bicyclic) bond motifs is 18. The number of hydrogen-bond donors (Lipinski definition) is 6. The third-order valence-electron chi connectivity index (χ3n) is 20.6. The third-order valence-corrected chi connectivity index (χ3v) is 22.8. The number of nitrogens with zero attached hydrogens (tertiary/aromatic N) is 18. The van der Waals surface area contributed by atoms with Gasteiger partial charge in [-0.1, -0.05) is 94.7 Å². The highest BCUT2D eigenvalue weighted by Gasteiger charge is 2.20. The maximum absolute atomic E-state index is 12.7. The van der Waals surface area contributed by atoms with E-state index in [0.29, 0.717) is 93.0 Å². The Balaban J connectivity index is 0.0000000999. The second-order valence-electron chi connectivity index (χ2n) is 28.3. The number of pyridine rings is 12. The van der Waals surface area contributed by atoms with Crippen LogP contribution < -0.4 is 38.1 Å². The van der Waals surface area contributed by atoms with Crippen molar-refractivity contribution in [1.29, 1.82) is 0 Å². The second-order valence-corrected chi connectivity index (χ2v) is 32.4. The summed E-state index contributed by atoms with van der Waals surface area (Å²) in [6.45, 7) is 0. The Kier molecular flexibility index (Phi) is 22.3. The summed E-state index contributed by atoms with van der Waals surface area (Å²) >= 11 is 28.4. The maximum Gasteiger partial charge on any atom is 0.282 e. The van der Waals surface area contributed by atoms with Gasteiger partial charge in [0, 0.05) is 147 Å². The Hall–Kier alpha value is -15.6. The van der Waals surface area contributed by atoms with Gasteiger partial charge in [0.05, 0.1) is 141 Å². The summed E-state index contributed by atoms with van der Waals surface area (Å²) in [5.74, 6) is 1.52. The van der Waals surface area contributed by atoms with Crippen molar-refractivity contribution in [1.82, 2.24) is 118 Å². The van der Waals surface area contributed by atoms with Gasteiger partial charge >= 0.3 is 0 Å². The zero-order valence-electron chi connectivity index (χ0n) is 65.8. The summed E-state index contributed by atoms with van der Waals surface area (Å²) < 4.78 is 16.7. The first kappa shape index (κ1) is 82.0. The van der Waals surface area contributed by atoms with E-state index in [-0.39, 0.29) is 33.4 Å². The van der Waals surface area contributed by atoms with Crippen LogP contribution in [0.2, 0.25) is 15.1 Å². The van der Waals surface area contributed by atoms with E-state index in [1.807, 2.05) is 103 Å². The molecule has 6 N–H and O–H groups in total. The lowest BCUT2D eigenvalue weighted by Crippen LogP contribution is -2.15. The van der Waals surface area contributed by atoms with Gasteiger partial charge in [-0.25, -0.2) is 43.0 Å². The number of ether oxygens (including phenoxy) is 1. The lowest BCUT2D eigenvalue weighted by Gasteiger charge is -2.03. The van der Waals surface area contributed by atoms with Gasteiger partial charge in [0.15, 0.2) is 11.6 Å². The monoisotopic (exact) mass is 1940 g/mol. The fourth-order valence-corrected chi connectivity index (χ4v) is 16.1. The molecule has 0 aliphatic carbocycles. The van der Waals surface area contributed by atoms with Crippen LogP contribution >= 0.6 is 82.6 Å². The van der Waals surface area contributed by atoms with Gasteiger partial charge in [-0.3, -0.25) is 104 Å². The molecule has 24 aromatic rings. The topological polar surface area (TPSA) is 391 Å². The fraction of sp³-hybridized carbons (Fsp3) is 0.0110. The molecule has 0 spiro atoms. The fourth-order valence-electron chi connectivity index (χ4n) is 14.5. The summed E-state index contributed by atoms with van der Waals surface area (Å²) in [6.07, 6.45) is 24.3. The summed E-state index contributed by atoms with van der Waals surface area (Å²) in [6, 6.07) is 58.6. The number of aromatic amines is 6. The first-order valence-electron chi connectivity index (χ1n) is 38.6. The van der Waals surface area contributed by atoms with Gasteiger partial charge in [0.25, 0.3) is 33.4 Å². The van der Waals surface area contributed by atoms with E-state index in [4.69, 9.17) is 39.5 Å². The Morgan fingerprint density at radius 2 is 0.586 bits per heavy atom. The van der Waals surface area contributed by atoms with Gasteiger partial charge in [-0.05, 0) is 176 Å². The molecule has 0 amide bonds. The average Bonchev–Trinajstić information content (AvgIpc) is 1.64. The highest BCUT2D eigenvalue weighted by molar-refractivity contribution is 9.11. The van der Waals surface area contributed by atoms with Crippen molar-refractivity contribution in [2.45, 2.75) is 0 Å². The lowest BCUT2D eigenvalue weighted by atomic mass is 10.2. The normalized spacial score (nSPS) is 11.3. The molecule has 18 heterocycles. The van der Waals surface area contributed by atoms with E-state index in [9.17, 15) is 28.8 Å². The Morgan fingerprint density at radius 1 is 0.258 bits per heavy atom. The molecule has 0 saturated carbocycles. The minimum absolute atomic E-state index is 0.117. The molecule has 624 valence electrons. The number of H-pyrrole nitrogens is 6. The first-order chi connectivity index (χ1) is 62.4. The molecule has 0 aliphatic heterocycles. The van der Waals surface area contributed by atoms with Crippen LogP contribution in [0, 0.1) is 0 Å². The molecule has 0 saturated heterocycles. The van der Waals surface area contributed by atoms with Crippen LogP contribution in [0.1, 0.15) is 0 Å². The van der Waals surface area contributed by atoms with Crippen molar-refractivity contribution >= 4 is 213 Å². The Labute approximate surface area is 756 Å². The quantitative estimate of drug-likeness (QED) is 0.0863. The average molecular weight is 1940 g/mol. The van der Waals surface area contributed by atoms with Crippen molar-refractivity contribution in [3.05, 3.63) is 378 Å². The van der Waals surface area contributed by atoms with Crippen LogP contribution in [-0.4, -0.2) is 126 Å². The molecule has 0 radical (unpaired) electrons. The molecule has 128 heavy (non-hydrogen) atoms. The van der Waals surface area contributed by atoms with Crippen molar-refractivity contribution in [2.24, 2.45) is 0 Å². The first-order valence-corrected chi connectivity index (χ1v) is 42.1. The SMILES string of the molecule is COc1cc(-n2[nH]c3c(cnc4ccc(Cl)cc43)c2=O)ccn1.O=c1c2cnc3cc(Br)ccc3c2[nH]n1-c1ccccn1.O=c1c2cnc3cc(Br)ccc3c2[nH]n1-c1cccnc1.O=c1c2cnc3cc(Br)ccc3c2[nH]n1-c1ccncc1.O=c1c2cnc3ccc(Cl)cc3c2[nH]n1-c1ccccn1.O=c1c2cnc3ccc(Cl)cc3c2[nH]n1-c1cccnc1. The van der Waals surface area contributed by atoms with Crippen LogP contribution in [0.3, 0.4) is 0 Å². The van der Waals surface area contributed by atoms with E-state index < -0.39 is 0 Å². The molecule has 0 aliphatic rings. The van der Waals surface area contributed by atoms with Crippen LogP contribution in [0.25, 0.3) is 165 Å². The van der Waals surface area contributed by atoms with E-state index >= 15 is 0 Å². The lowest BCUT2D eigenvalue weighted by molar-refractivity contribution is 0.397. The van der Waals surface area contributed by atoms with Crippen molar-refractivity contribution in [3.8, 4) is 40.3 Å². The summed E-state index contributed by atoms with van der Waals surface area (Å²) in [7, 11) is 1.53. The number of halogens is 6. The number of nitrogens with one attached hydrogen (secondary N) is 6. The van der Waals surface area contributed by atoms with Crippen molar-refractivity contribution < 1.29 is 4.74 Å². The molecule has 24 rings (SSSR count). The number of rotatable bonds is 7. The van der Waals surface area contributed by atoms with E-state index in [1.165, 1.54) is 35.2 Å². The Morgan fingerprint density at radius 3 is 0.930 bits per heavy atom. The largest absolute Gasteiger partial charge is 0.481 e. The highest BCUT2D eigenvalue weighted by Crippen LogP contribution is 2.32. The van der Waals surface area contributed by atoms with E-state index in [0.717, 1.165) is 107 Å². The standard InChI is InChI=1S/C16H11ClN4O2.3C15H9BrN4O.2C15H9ClN4O/c1-23-14-7-10(4-5-18-14)21-16(22)12-8-19-13-3-2-9(17)6-11(13)15(12)20-21;16-9-1-2-11-13(7-9)18-8-12-14(11)19-20(15(12)21)10-3-5-17-6-4-10;16-9-3-4-11-13(6-9)18-8-12-14(11)19-20(15(12)21)10-2-1-5-17-7-10;16-9-4-5-10-12(7-9)18-8-11-14(10)19-20(15(11)21)13-3-1-2-6-17-13;16-9-3-4-13-11(6-9)14-12(8-18-13)15(21)20(19-14)10-2-1-5-17-7-10;16-9-4-5-12-10(7-9)14-11(8-18-12)15(21)20(19-14)13-3-1-2-6-17-13/h2-8,20H,1H3;5*1-8,19H. The van der Waals surface area contributed by atoms with Gasteiger partial charge in [0.2, 0.25) is 5.88 Å². The van der Waals surface area contributed by atoms with Gasteiger partial charge in [0.1, 0.15) is 0 Å². The zero-order chi connectivity index (χ0) is 88.0. The molecule has 18 aromatic heterocycles. The summed E-state index contributed by atoms with van der Waals surface area (Å²) in [4.78, 5) is 126. The number of aromatic nitrogens is 24. The predicted octanol–water partition coefficient (Wildman–Crippen LogP) is 17.8. The van der Waals surface area contributed by atoms with Gasteiger partial charge in [-0.2, -0.15) is 0 Å².